The lowest BCUT2D eigenvalue weighted by molar-refractivity contribution is -0.322. The first-order valence-corrected chi connectivity index (χ1v) is 42.4. The molecule has 119 heavy (non-hydrogen) atoms. The van der Waals surface area contributed by atoms with Crippen LogP contribution in [-0.2, 0) is 114 Å². The Balaban J connectivity index is 0.000000371. The second-order valence-corrected chi connectivity index (χ2v) is 36.0. The summed E-state index contributed by atoms with van der Waals surface area (Å²) in [4.78, 5) is 86.3. The lowest BCUT2D eigenvalue weighted by atomic mass is 9.77. The van der Waals surface area contributed by atoms with Gasteiger partial charge in [0.2, 0.25) is 11.8 Å². The fourth-order valence-corrected chi connectivity index (χ4v) is 18.8. The van der Waals surface area contributed by atoms with Gasteiger partial charge >= 0.3 is 24.1 Å². The molecule has 0 saturated carbocycles. The number of cyclic esters (lactones) is 2. The summed E-state index contributed by atoms with van der Waals surface area (Å²) in [6, 6.07) is 1.91. The van der Waals surface area contributed by atoms with Gasteiger partial charge in [-0.15, -0.1) is 0 Å². The molecule has 2 amide bonds. The minimum absolute atomic E-state index is 0.0937. The number of ether oxygens (including phenoxy) is 19. The van der Waals surface area contributed by atoms with Crippen LogP contribution in [0.3, 0.4) is 0 Å². The first-order valence-electron chi connectivity index (χ1n) is 42.4. The summed E-state index contributed by atoms with van der Waals surface area (Å²) >= 11 is 0. The topological polar surface area (TPSA) is 417 Å². The predicted molar refractivity (Wildman–Crippen MR) is 430 cm³/mol. The molecule has 7 rings (SSSR count). The normalized spacial score (nSPS) is 44.5. The van der Waals surface area contributed by atoms with Crippen molar-refractivity contribution in [2.75, 3.05) is 69.8 Å². The monoisotopic (exact) mass is 1700 g/mol. The molecule has 0 aromatic heterocycles. The van der Waals surface area contributed by atoms with E-state index in [4.69, 9.17) is 95.3 Å². The lowest BCUT2D eigenvalue weighted by Crippen LogP contribution is -2.61. The third-order valence-corrected chi connectivity index (χ3v) is 26.0. The van der Waals surface area contributed by atoms with E-state index in [1.54, 1.807) is 83.5 Å². The molecule has 0 radical (unpaired) electrons. The van der Waals surface area contributed by atoms with Crippen molar-refractivity contribution in [3.8, 4) is 12.1 Å². The first kappa shape index (κ1) is 103. The van der Waals surface area contributed by atoms with E-state index in [1.165, 1.54) is 28.1 Å². The number of nitrogens with one attached hydrogen (secondary N) is 2. The summed E-state index contributed by atoms with van der Waals surface area (Å²) in [5, 5.41) is 58.9. The van der Waals surface area contributed by atoms with Gasteiger partial charge in [0.05, 0.1) is 139 Å². The maximum absolute atomic E-state index is 14.7. The predicted octanol–water partition coefficient (Wildman–Crippen LogP) is 7.11. The second kappa shape index (κ2) is 43.6. The minimum Gasteiger partial charge on any atom is -0.459 e. The van der Waals surface area contributed by atoms with E-state index in [-0.39, 0.29) is 94.8 Å². The van der Waals surface area contributed by atoms with E-state index < -0.39 is 222 Å². The molecule has 7 saturated heterocycles. The van der Waals surface area contributed by atoms with Crippen LogP contribution < -0.4 is 10.6 Å². The van der Waals surface area contributed by atoms with Crippen LogP contribution in [0.2, 0.25) is 0 Å². The third kappa shape index (κ3) is 24.5. The zero-order valence-electron chi connectivity index (χ0n) is 76.1. The first-order chi connectivity index (χ1) is 55.5. The van der Waals surface area contributed by atoms with Gasteiger partial charge in [-0.1, -0.05) is 41.5 Å². The average Bonchev–Trinajstić information content (AvgIpc) is 1.74. The average molecular weight is 1700 g/mol. The van der Waals surface area contributed by atoms with Crippen LogP contribution in [0.5, 0.6) is 0 Å². The van der Waals surface area contributed by atoms with Gasteiger partial charge in [0.1, 0.15) is 42.2 Å². The summed E-state index contributed by atoms with van der Waals surface area (Å²) in [5.41, 5.74) is -7.84. The third-order valence-electron chi connectivity index (χ3n) is 26.0. The zero-order chi connectivity index (χ0) is 89.7. The quantitative estimate of drug-likeness (QED) is 0.0386. The fourth-order valence-electron chi connectivity index (χ4n) is 18.8. The zero-order valence-corrected chi connectivity index (χ0v) is 76.1. The molecule has 7 aliphatic heterocycles. The van der Waals surface area contributed by atoms with Crippen LogP contribution in [0.4, 0.5) is 4.79 Å². The number of carbonyl (C=O) groups excluding carboxylic acids is 6. The van der Waals surface area contributed by atoms with Crippen LogP contribution >= 0.6 is 0 Å². The molecule has 34 heteroatoms. The fraction of sp³-hybridized carbons (Fsp3) is 0.906. The van der Waals surface area contributed by atoms with Crippen molar-refractivity contribution in [2.24, 2.45) is 35.5 Å². The SMILES string of the molecule is CC[C@H]1OC(=O)[C@H](C)[C@@H](O[C@H]2C[C@@](C)(OC)C(OCCC#N)[C@H](C)O2)[C@H](C)[C@@H](O[C@@H]2O[C@H](C)C[C@H](N(C)C)[C@H]2O)[C@](C)(OC)C[C@@H](C)C(=O)N[C@H](C)[C@@H](O)[C@]1(C)O.CC[C@H]1OC(=O)[C@H](C)[C@@H](O[C@H]2C[C@@](C)(OC)C(OCCC#N)[C@H](C)O2)[C@H](C)[C@@H](O[C@@H]2O[C@H](C)C[C@H](N(C)C)[C@H]2OC(C)=O)[C@](C)(OC)C[C@@H](C)C(=O)N[C@H](C)[C@H]2OC(=O)O[C@@]21C. The van der Waals surface area contributed by atoms with Crippen molar-refractivity contribution >= 4 is 35.9 Å². The number of carbonyl (C=O) groups is 6. The van der Waals surface area contributed by atoms with Crippen molar-refractivity contribution < 1.29 is 134 Å². The molecular formula is C85H146N6O28. The van der Waals surface area contributed by atoms with Crippen molar-refractivity contribution in [2.45, 2.75) is 390 Å². The Morgan fingerprint density at radius 3 is 1.33 bits per heavy atom. The van der Waals surface area contributed by atoms with E-state index in [0.717, 1.165) is 0 Å². The van der Waals surface area contributed by atoms with E-state index >= 15 is 0 Å². The maximum atomic E-state index is 14.7. The molecule has 684 valence electrons. The molecule has 36 atom stereocenters. The Labute approximate surface area is 705 Å². The molecule has 0 aromatic rings. The number of methoxy groups -OCH3 is 4. The Morgan fingerprint density at radius 1 is 0.529 bits per heavy atom. The highest BCUT2D eigenvalue weighted by molar-refractivity contribution is 5.79. The van der Waals surface area contributed by atoms with Crippen molar-refractivity contribution in [1.82, 2.24) is 20.4 Å². The Kier molecular flexibility index (Phi) is 37.6. The van der Waals surface area contributed by atoms with Crippen LogP contribution in [0.25, 0.3) is 0 Å². The van der Waals surface area contributed by atoms with Crippen LogP contribution in [0.1, 0.15) is 210 Å². The number of hydrogen-bond acceptors (Lipinski definition) is 32. The Morgan fingerprint density at radius 2 is 0.924 bits per heavy atom. The molecular weight excluding hydrogens is 1550 g/mol. The molecule has 7 fully saturated rings. The largest absolute Gasteiger partial charge is 0.509 e. The summed E-state index contributed by atoms with van der Waals surface area (Å²) in [6.45, 7) is 36.9. The molecule has 5 N–H and O–H groups in total. The standard InChI is InChI=1S/C44H73N3O15.C41H73N3O13/c1-16-31-44(11)36(61-41(51)62-44)27(6)46-38(49)23(2)21-42(9,52-14)35(60-40-34(57-29(8)48)30(47(12)13)20-24(3)55-40)25(4)33(26(5)39(50)58-31)59-32-22-43(10,53-15)37(28(7)56-32)54-19-17-18-45;1-15-29-41(10,49)33(46)26(6)43-36(47)22(2)20-39(8,50-13)34(57-38-31(45)28(44(11)12)19-23(3)53-38)24(4)32(25(5)37(48)55-29)56-30-21-40(9,51-14)35(27(7)54-30)52-18-16-17-42/h23-28,30-37,40H,16-17,19-22H2,1-15H3,(H,46,49);22-35,38,45-46,49H,15-16,18-21H2,1-14H3,(H,43,47)/t23-,24-,25+,26-,27-,28+,30+,31-,32+,33+,34-,35-,36-,37?,40+,42-,43-,44-;22-,23-,24+,25-,26-,27+,28+,29-,30+,31-,32+,33-,34-,35?,38+,39-,40-,41-/m11/s1. The molecule has 7 heterocycles. The van der Waals surface area contributed by atoms with Crippen LogP contribution in [0, 0.1) is 58.2 Å². The second-order valence-electron chi connectivity index (χ2n) is 36.0. The van der Waals surface area contributed by atoms with Gasteiger partial charge in [0.25, 0.3) is 0 Å². The molecule has 7 aliphatic rings. The number of aliphatic hydroxyl groups is 3. The van der Waals surface area contributed by atoms with Crippen molar-refractivity contribution in [3.05, 3.63) is 0 Å². The number of rotatable bonds is 23. The number of likely N-dealkylation sites (N-methyl/N-ethyl adjacent to an activating group) is 2. The Hall–Kier alpha value is -5.16. The number of nitriles is 2. The Bertz CT molecular complexity index is 3370. The van der Waals surface area contributed by atoms with E-state index in [1.807, 2.05) is 100 Å². The van der Waals surface area contributed by atoms with Crippen molar-refractivity contribution in [1.29, 1.82) is 10.5 Å². The van der Waals surface area contributed by atoms with Gasteiger partial charge in [-0.05, 0) is 164 Å². The van der Waals surface area contributed by atoms with Gasteiger partial charge < -0.3 is 126 Å². The van der Waals surface area contributed by atoms with Crippen LogP contribution in [0.15, 0.2) is 0 Å². The number of hydrogen-bond donors (Lipinski definition) is 5. The van der Waals surface area contributed by atoms with Gasteiger partial charge in [-0.3, -0.25) is 24.0 Å². The van der Waals surface area contributed by atoms with Gasteiger partial charge in [-0.2, -0.15) is 10.5 Å². The number of aliphatic hydroxyl groups excluding tert-OH is 2. The minimum atomic E-state index is -1.95. The highest BCUT2D eigenvalue weighted by atomic mass is 16.8. The van der Waals surface area contributed by atoms with Gasteiger partial charge in [0, 0.05) is 77.9 Å². The van der Waals surface area contributed by atoms with E-state index in [0.29, 0.717) is 12.8 Å². The molecule has 34 nitrogen and oxygen atoms in total. The number of esters is 3. The van der Waals surface area contributed by atoms with E-state index in [9.17, 15) is 49.3 Å². The molecule has 0 bridgehead atoms. The summed E-state index contributed by atoms with van der Waals surface area (Å²) in [6.07, 6.45) is -16.2. The highest BCUT2D eigenvalue weighted by Crippen LogP contribution is 2.46. The highest BCUT2D eigenvalue weighted by Gasteiger charge is 2.61. The van der Waals surface area contributed by atoms with Gasteiger partial charge in [0.15, 0.2) is 43.0 Å². The molecule has 2 unspecified atom stereocenters. The molecule has 0 aliphatic carbocycles. The summed E-state index contributed by atoms with van der Waals surface area (Å²) in [5.74, 6) is -7.66. The maximum Gasteiger partial charge on any atom is 0.509 e. The van der Waals surface area contributed by atoms with Gasteiger partial charge in [-0.25, -0.2) is 4.79 Å². The number of amides is 2. The van der Waals surface area contributed by atoms with Crippen LogP contribution in [-0.4, -0.2) is 311 Å². The smallest absolute Gasteiger partial charge is 0.459 e. The molecule has 0 aromatic carbocycles. The number of nitrogens with zero attached hydrogens (tertiary/aromatic N) is 4. The van der Waals surface area contributed by atoms with Crippen molar-refractivity contribution in [3.63, 3.8) is 0 Å². The van der Waals surface area contributed by atoms with E-state index in [2.05, 4.69) is 22.8 Å². The summed E-state index contributed by atoms with van der Waals surface area (Å²) in [7, 11) is 13.7. The molecule has 0 spiro atoms. The number of fused-ring (bicyclic) bond motifs is 1. The lowest BCUT2D eigenvalue weighted by Gasteiger charge is -2.50. The summed E-state index contributed by atoms with van der Waals surface area (Å²) < 4.78 is 120.